The number of ether oxygens (including phenoxy) is 1. The minimum absolute atomic E-state index is 0.00204. The van der Waals surface area contributed by atoms with E-state index < -0.39 is 44.7 Å². The van der Waals surface area contributed by atoms with Gasteiger partial charge < -0.3 is 33.9 Å². The first-order valence-electron chi connectivity index (χ1n) is 10.5. The van der Waals surface area contributed by atoms with Gasteiger partial charge in [-0.15, -0.1) is 0 Å². The number of rotatable bonds is 5. The van der Waals surface area contributed by atoms with Crippen molar-refractivity contribution in [3.63, 3.8) is 0 Å². The molecule has 0 bridgehead atoms. The lowest BCUT2D eigenvalue weighted by Gasteiger charge is -2.27. The number of carboxylic acid groups (broad SMARTS) is 1. The fourth-order valence-corrected chi connectivity index (χ4v) is 5.74. The summed E-state index contributed by atoms with van der Waals surface area (Å²) in [5, 5.41) is 20.3. The second-order valence-corrected chi connectivity index (χ2v) is 9.81. The molecule has 1 aromatic carbocycles. The first-order valence-corrected chi connectivity index (χ1v) is 12.6. The second-order valence-electron chi connectivity index (χ2n) is 7.92. The molecule has 0 aliphatic carbocycles. The van der Waals surface area contributed by atoms with Gasteiger partial charge in [-0.2, -0.15) is 4.98 Å². The number of aromatic amines is 1. The zero-order chi connectivity index (χ0) is 24.3. The van der Waals surface area contributed by atoms with Crippen LogP contribution in [0.1, 0.15) is 6.23 Å². The van der Waals surface area contributed by atoms with Crippen molar-refractivity contribution < 1.29 is 33.7 Å². The van der Waals surface area contributed by atoms with Crippen molar-refractivity contribution in [3.8, 4) is 11.3 Å². The highest BCUT2D eigenvalue weighted by molar-refractivity contribution is 7.99. The molecule has 13 nitrogen and oxygen atoms in total. The highest BCUT2D eigenvalue weighted by atomic mass is 32.2. The van der Waals surface area contributed by atoms with Crippen molar-refractivity contribution in [2.75, 3.05) is 12.4 Å². The van der Waals surface area contributed by atoms with Crippen molar-refractivity contribution >= 4 is 43.3 Å². The van der Waals surface area contributed by atoms with Crippen LogP contribution in [0, 0.1) is 0 Å². The fourth-order valence-electron chi connectivity index (χ4n) is 4.20. The van der Waals surface area contributed by atoms with Crippen LogP contribution in [0.5, 0.6) is 0 Å². The maximum Gasteiger partial charge on any atom is 0.330 e. The van der Waals surface area contributed by atoms with Gasteiger partial charge in [-0.1, -0.05) is 42.1 Å². The minimum atomic E-state index is -2.15. The SMILES string of the molecule is O=C(O)CSc1nc2c(=O)n3cc(-c4ccccc4)[nH]c3nc2n1C1OC2COP(O)OC2C1O. The Morgan fingerprint density at radius 3 is 2.86 bits per heavy atom. The van der Waals surface area contributed by atoms with E-state index >= 15 is 0 Å². The Bertz CT molecular complexity index is 1490. The first-order chi connectivity index (χ1) is 16.9. The number of carboxylic acids is 1. The summed E-state index contributed by atoms with van der Waals surface area (Å²) in [7, 11) is -2.15. The molecule has 2 aliphatic heterocycles. The third-order valence-electron chi connectivity index (χ3n) is 5.75. The average Bonchev–Trinajstić information content (AvgIpc) is 3.53. The fraction of sp³-hybridized carbons (Fsp3) is 0.300. The van der Waals surface area contributed by atoms with Crippen LogP contribution in [0.25, 0.3) is 28.2 Å². The van der Waals surface area contributed by atoms with Crippen molar-refractivity contribution in [3.05, 3.63) is 46.9 Å². The molecule has 2 saturated heterocycles. The summed E-state index contributed by atoms with van der Waals surface area (Å²) in [6, 6.07) is 9.40. The van der Waals surface area contributed by atoms with Crippen LogP contribution in [0.3, 0.4) is 0 Å². The zero-order valence-corrected chi connectivity index (χ0v) is 19.4. The second kappa shape index (κ2) is 8.68. The van der Waals surface area contributed by atoms with Gasteiger partial charge in [0.2, 0.25) is 5.78 Å². The van der Waals surface area contributed by atoms with E-state index in [1.54, 1.807) is 6.20 Å². The van der Waals surface area contributed by atoms with E-state index in [1.165, 1.54) is 8.97 Å². The zero-order valence-electron chi connectivity index (χ0n) is 17.7. The third-order valence-corrected chi connectivity index (χ3v) is 7.49. The van der Waals surface area contributed by atoms with E-state index in [4.69, 9.17) is 13.8 Å². The smallest absolute Gasteiger partial charge is 0.330 e. The van der Waals surface area contributed by atoms with Gasteiger partial charge in [-0.3, -0.25) is 14.2 Å². The molecular formula is C20H18N5O8PS. The van der Waals surface area contributed by atoms with E-state index in [2.05, 4.69) is 15.0 Å². The number of hydrogen-bond donors (Lipinski definition) is 4. The predicted molar refractivity (Wildman–Crippen MR) is 123 cm³/mol. The topological polar surface area (TPSA) is 173 Å². The Morgan fingerprint density at radius 2 is 2.09 bits per heavy atom. The van der Waals surface area contributed by atoms with Gasteiger partial charge in [0.25, 0.3) is 5.56 Å². The molecule has 2 aliphatic rings. The van der Waals surface area contributed by atoms with Gasteiger partial charge >= 0.3 is 14.6 Å². The lowest BCUT2D eigenvalue weighted by Crippen LogP contribution is -2.38. The first kappa shape index (κ1) is 22.6. The number of H-pyrrole nitrogens is 1. The average molecular weight is 519 g/mol. The maximum atomic E-state index is 13.3. The Morgan fingerprint density at radius 1 is 1.29 bits per heavy atom. The standard InChI is InChI=1S/C20H18N5O8PS/c26-12(27)8-35-20-22-13-16(25(20)18-14(28)15-11(32-18)7-31-34(30)33-15)23-19-21-10(6-24(19)17(13)29)9-4-2-1-3-5-9/h1-6,11,14-15,18,28,30H,7-8H2,(H,21,23)(H,26,27). The molecule has 5 heterocycles. The van der Waals surface area contributed by atoms with Crippen molar-refractivity contribution in [2.24, 2.45) is 0 Å². The number of nitrogens with zero attached hydrogens (tertiary/aromatic N) is 4. The number of imidazole rings is 2. The summed E-state index contributed by atoms with van der Waals surface area (Å²) < 4.78 is 19.1. The summed E-state index contributed by atoms with van der Waals surface area (Å²) in [6.07, 6.45) is -2.30. The maximum absolute atomic E-state index is 13.3. The largest absolute Gasteiger partial charge is 0.481 e. The van der Waals surface area contributed by atoms with Crippen molar-refractivity contribution in [1.82, 2.24) is 23.9 Å². The van der Waals surface area contributed by atoms with Gasteiger partial charge in [-0.25, -0.2) is 9.38 Å². The van der Waals surface area contributed by atoms with E-state index in [0.717, 1.165) is 17.3 Å². The number of aliphatic hydroxyl groups is 1. The molecule has 4 aromatic rings. The number of aliphatic carboxylic acids is 1. The summed E-state index contributed by atoms with van der Waals surface area (Å²) in [5.74, 6) is -1.18. The molecule has 5 unspecified atom stereocenters. The summed E-state index contributed by atoms with van der Waals surface area (Å²) in [5.41, 5.74) is 1.15. The quantitative estimate of drug-likeness (QED) is 0.220. The molecule has 4 N–H and O–H groups in total. The molecule has 35 heavy (non-hydrogen) atoms. The Balaban J connectivity index is 1.51. The number of fused-ring (bicyclic) bond motifs is 3. The number of thioether (sulfide) groups is 1. The third kappa shape index (κ3) is 3.83. The molecule has 182 valence electrons. The number of carbonyl (C=O) groups is 1. The molecule has 0 saturated carbocycles. The highest BCUT2D eigenvalue weighted by Gasteiger charge is 2.50. The molecule has 15 heteroatoms. The van der Waals surface area contributed by atoms with Crippen LogP contribution < -0.4 is 5.56 Å². The number of aliphatic hydroxyl groups excluding tert-OH is 1. The molecule has 0 amide bonds. The van der Waals surface area contributed by atoms with E-state index in [1.807, 2.05) is 30.3 Å². The van der Waals surface area contributed by atoms with E-state index in [-0.39, 0.29) is 34.5 Å². The number of benzene rings is 1. The number of hydrogen-bond acceptors (Lipinski definition) is 10. The van der Waals surface area contributed by atoms with Gasteiger partial charge in [0, 0.05) is 6.20 Å². The summed E-state index contributed by atoms with van der Waals surface area (Å²) in [4.78, 5) is 46.4. The van der Waals surface area contributed by atoms with Crippen LogP contribution >= 0.6 is 20.4 Å². The molecule has 2 fully saturated rings. The molecular weight excluding hydrogens is 501 g/mol. The highest BCUT2D eigenvalue weighted by Crippen LogP contribution is 2.47. The molecule has 0 radical (unpaired) electrons. The Hall–Kier alpha value is -2.84. The van der Waals surface area contributed by atoms with Gasteiger partial charge in [-0.05, 0) is 5.56 Å². The van der Waals surface area contributed by atoms with Gasteiger partial charge in [0.15, 0.2) is 22.5 Å². The van der Waals surface area contributed by atoms with Crippen LogP contribution in [0.2, 0.25) is 0 Å². The van der Waals surface area contributed by atoms with Crippen molar-refractivity contribution in [1.29, 1.82) is 0 Å². The normalized spacial score (nSPS) is 26.4. The van der Waals surface area contributed by atoms with E-state index in [0.29, 0.717) is 5.69 Å². The lowest BCUT2D eigenvalue weighted by molar-refractivity contribution is -0.133. The van der Waals surface area contributed by atoms with Crippen LogP contribution in [0.4, 0.5) is 0 Å². The molecule has 0 spiro atoms. The van der Waals surface area contributed by atoms with Gasteiger partial charge in [0.05, 0.1) is 18.1 Å². The van der Waals surface area contributed by atoms with Gasteiger partial charge in [0.1, 0.15) is 18.3 Å². The number of nitrogens with one attached hydrogen (secondary N) is 1. The van der Waals surface area contributed by atoms with E-state index in [9.17, 15) is 24.7 Å². The Kier molecular flexibility index (Phi) is 5.60. The molecule has 3 aromatic heterocycles. The molecule has 5 atom stereocenters. The van der Waals surface area contributed by atoms with Crippen LogP contribution in [0.15, 0.2) is 46.5 Å². The monoisotopic (exact) mass is 519 g/mol. The predicted octanol–water partition coefficient (Wildman–Crippen LogP) is 1.11. The lowest BCUT2D eigenvalue weighted by atomic mass is 10.1. The van der Waals surface area contributed by atoms with Crippen molar-refractivity contribution in [2.45, 2.75) is 29.7 Å². The van der Waals surface area contributed by atoms with Crippen LogP contribution in [-0.4, -0.2) is 75.7 Å². The summed E-state index contributed by atoms with van der Waals surface area (Å²) >= 11 is 0.867. The van der Waals surface area contributed by atoms with Crippen LogP contribution in [-0.2, 0) is 18.6 Å². The minimum Gasteiger partial charge on any atom is -0.481 e. The molecule has 6 rings (SSSR count). The Labute approximate surface area is 201 Å². The number of aromatic nitrogens is 5. The summed E-state index contributed by atoms with van der Waals surface area (Å²) in [6.45, 7) is 0.00204.